The van der Waals surface area contributed by atoms with Crippen LogP contribution in [0.2, 0.25) is 0 Å². The van der Waals surface area contributed by atoms with E-state index in [2.05, 4.69) is 66.7 Å². The van der Waals surface area contributed by atoms with Gasteiger partial charge in [0.25, 0.3) is 0 Å². The van der Waals surface area contributed by atoms with Crippen LogP contribution in [0, 0.1) is 27.9 Å². The van der Waals surface area contributed by atoms with Gasteiger partial charge >= 0.3 is 5.82 Å². The van der Waals surface area contributed by atoms with E-state index in [0.29, 0.717) is 36.9 Å². The number of carbonyl (C=O) groups excluding carboxylic acids is 1. The van der Waals surface area contributed by atoms with Crippen LogP contribution in [-0.2, 0) is 19.4 Å². The van der Waals surface area contributed by atoms with Crippen LogP contribution >= 0.6 is 0 Å². The Morgan fingerprint density at radius 3 is 2.21 bits per heavy atom. The zero-order valence-corrected chi connectivity index (χ0v) is 29.4. The first-order valence-electron chi connectivity index (χ1n) is 16.7. The molecule has 4 aromatic heterocycles. The summed E-state index contributed by atoms with van der Waals surface area (Å²) < 4.78 is 7.00. The summed E-state index contributed by atoms with van der Waals surface area (Å²) >= 11 is 0. The van der Waals surface area contributed by atoms with Crippen LogP contribution in [-0.4, -0.2) is 47.5 Å². The number of nitrogens with zero attached hydrogens (tertiary/aromatic N) is 5. The summed E-state index contributed by atoms with van der Waals surface area (Å²) in [6.45, 7) is 13.5. The molecule has 0 radical (unpaired) electrons. The number of ketones is 1. The van der Waals surface area contributed by atoms with E-state index in [4.69, 9.17) is 4.74 Å². The van der Waals surface area contributed by atoms with Crippen LogP contribution < -0.4 is 4.74 Å². The molecule has 0 atom stereocenters. The third-order valence-electron chi connectivity index (χ3n) is 7.82. The number of hydrogen-bond acceptors (Lipinski definition) is 7. The molecule has 0 unspecified atom stereocenters. The Bertz CT molecular complexity index is 1670. The quantitative estimate of drug-likeness (QED) is 0.0691. The predicted octanol–water partition coefficient (Wildman–Crippen LogP) is 8.62. The highest BCUT2D eigenvalue weighted by atomic mass is 16.6. The molecule has 1 aromatic carbocycles. The third kappa shape index (κ3) is 12.1. The number of hydrogen-bond donors (Lipinski definition) is 2. The molecule has 0 aliphatic heterocycles. The summed E-state index contributed by atoms with van der Waals surface area (Å²) in [7, 11) is 1.62. The number of H-pyrrole nitrogens is 2. The monoisotopic (exact) mass is 657 g/mol. The normalized spacial score (nSPS) is 11.0. The molecule has 11 heteroatoms. The fourth-order valence-corrected chi connectivity index (χ4v) is 4.90. The molecule has 0 aliphatic carbocycles. The van der Waals surface area contributed by atoms with Crippen molar-refractivity contribution in [1.82, 2.24) is 29.7 Å². The van der Waals surface area contributed by atoms with E-state index in [1.165, 1.54) is 12.1 Å². The number of pyridine rings is 1. The Kier molecular flexibility index (Phi) is 15.0. The summed E-state index contributed by atoms with van der Waals surface area (Å²) in [6, 6.07) is 13.5. The molecule has 5 aromatic rings. The number of imidazole rings is 1. The first kappa shape index (κ1) is 37.7. The van der Waals surface area contributed by atoms with Crippen molar-refractivity contribution in [1.29, 1.82) is 0 Å². The number of aromatic amines is 2. The summed E-state index contributed by atoms with van der Waals surface area (Å²) in [5.74, 6) is 2.79. The molecule has 0 bridgehead atoms. The predicted molar refractivity (Wildman–Crippen MR) is 190 cm³/mol. The van der Waals surface area contributed by atoms with Gasteiger partial charge in [-0.25, -0.2) is 4.98 Å². The summed E-state index contributed by atoms with van der Waals surface area (Å²) in [6.07, 6.45) is 12.3. The van der Waals surface area contributed by atoms with Crippen LogP contribution in [0.4, 0.5) is 5.82 Å². The van der Waals surface area contributed by atoms with E-state index in [0.717, 1.165) is 53.1 Å². The number of aryl methyl sites for hydroxylation is 1. The van der Waals surface area contributed by atoms with Gasteiger partial charge in [-0.2, -0.15) is 5.10 Å². The fourth-order valence-electron chi connectivity index (χ4n) is 4.90. The van der Waals surface area contributed by atoms with Gasteiger partial charge in [0.15, 0.2) is 5.78 Å². The van der Waals surface area contributed by atoms with E-state index >= 15 is 0 Å². The fraction of sp³-hybridized carbons (Fsp3) is 0.459. The molecule has 0 spiro atoms. The minimum Gasteiger partial charge on any atom is -0.497 e. The number of benzene rings is 1. The summed E-state index contributed by atoms with van der Waals surface area (Å²) in [4.78, 5) is 33.9. The second-order valence-electron chi connectivity index (χ2n) is 13.2. The molecule has 11 nitrogen and oxygen atoms in total. The standard InChI is InChI=1S/C16H21N3O3.C13H16N2O.C8H14N2/c1-12(2)4-9-15-16(19(20)21)17-11-18(15)10-13-5-7-14(22-3)8-6-13;1-9(2)5-6-12(16)11-8-15-13-10(11)4-3-7-14-13;1-7(2)3-4-8-5-6-9-10-8/h5-8,11-12H,4,9-10H2,1-3H3;3-4,7-9H,5-6H2,1-2H3,(H,14,15);5-7H,3-4H2,1-2H3,(H,9,10). The number of fused-ring (bicyclic) bond motifs is 1. The average molecular weight is 658 g/mol. The second-order valence-corrected chi connectivity index (χ2v) is 13.2. The van der Waals surface area contributed by atoms with Crippen LogP contribution in [0.15, 0.2) is 67.4 Å². The van der Waals surface area contributed by atoms with Crippen molar-refractivity contribution in [2.45, 2.75) is 86.6 Å². The van der Waals surface area contributed by atoms with E-state index in [-0.39, 0.29) is 11.6 Å². The Labute approximate surface area is 283 Å². The molecule has 0 amide bonds. The SMILES string of the molecule is CC(C)CCC(=O)c1c[nH]c2ncccc12.CC(C)CCc1ccn[nH]1.COc1ccc(Cn2cnc([N+](=O)[O-])c2CCC(C)C)cc1. The van der Waals surface area contributed by atoms with Gasteiger partial charge in [0.1, 0.15) is 17.1 Å². The lowest BCUT2D eigenvalue weighted by Gasteiger charge is -2.09. The van der Waals surface area contributed by atoms with Gasteiger partial charge in [-0.15, -0.1) is 0 Å². The Morgan fingerprint density at radius 2 is 1.60 bits per heavy atom. The molecule has 0 fully saturated rings. The lowest BCUT2D eigenvalue weighted by atomic mass is 10.0. The number of Topliss-reactive ketones (excluding diaryl/α,β-unsaturated/α-hetero) is 1. The van der Waals surface area contributed by atoms with Crippen LogP contribution in [0.1, 0.15) is 94.5 Å². The van der Waals surface area contributed by atoms with E-state index in [9.17, 15) is 14.9 Å². The van der Waals surface area contributed by atoms with Crippen molar-refractivity contribution in [3.8, 4) is 5.75 Å². The molecule has 2 N–H and O–H groups in total. The van der Waals surface area contributed by atoms with Crippen LogP contribution in [0.25, 0.3) is 11.0 Å². The lowest BCUT2D eigenvalue weighted by molar-refractivity contribution is -0.390. The number of aromatic nitrogens is 6. The van der Waals surface area contributed by atoms with Gasteiger partial charge in [0.05, 0.1) is 13.7 Å². The zero-order valence-electron chi connectivity index (χ0n) is 29.4. The lowest BCUT2D eigenvalue weighted by Crippen LogP contribution is -2.06. The van der Waals surface area contributed by atoms with Crippen molar-refractivity contribution in [3.05, 3.63) is 100 Å². The summed E-state index contributed by atoms with van der Waals surface area (Å²) in [5, 5.41) is 18.9. The highest BCUT2D eigenvalue weighted by Gasteiger charge is 2.21. The smallest absolute Gasteiger partial charge is 0.384 e. The molecule has 0 saturated heterocycles. The topological polar surface area (TPSA) is 145 Å². The zero-order chi connectivity index (χ0) is 35.1. The number of ether oxygens (including phenoxy) is 1. The molecule has 5 rings (SSSR count). The van der Waals surface area contributed by atoms with Gasteiger partial charge in [-0.3, -0.25) is 9.89 Å². The van der Waals surface area contributed by atoms with Crippen molar-refractivity contribution in [3.63, 3.8) is 0 Å². The Hall–Kier alpha value is -4.80. The molecule has 0 saturated carbocycles. The minimum absolute atomic E-state index is 0.0332. The molecule has 258 valence electrons. The first-order valence-corrected chi connectivity index (χ1v) is 16.7. The van der Waals surface area contributed by atoms with Crippen molar-refractivity contribution >= 4 is 22.6 Å². The summed E-state index contributed by atoms with van der Waals surface area (Å²) in [5.41, 5.74) is 4.54. The van der Waals surface area contributed by atoms with Crippen molar-refractivity contribution in [2.24, 2.45) is 17.8 Å². The Morgan fingerprint density at radius 1 is 0.917 bits per heavy atom. The number of carbonyl (C=O) groups is 1. The first-order chi connectivity index (χ1) is 23.0. The maximum atomic E-state index is 12.0. The van der Waals surface area contributed by atoms with E-state index in [1.54, 1.807) is 32.0 Å². The van der Waals surface area contributed by atoms with Crippen LogP contribution in [0.5, 0.6) is 5.75 Å². The van der Waals surface area contributed by atoms with Gasteiger partial charge in [-0.05, 0) is 95.7 Å². The van der Waals surface area contributed by atoms with E-state index in [1.807, 2.05) is 47.0 Å². The Balaban J connectivity index is 0.000000210. The highest BCUT2D eigenvalue weighted by molar-refractivity contribution is 6.07. The maximum Gasteiger partial charge on any atom is 0.384 e. The number of nitrogens with one attached hydrogen (secondary N) is 2. The van der Waals surface area contributed by atoms with Crippen molar-refractivity contribution < 1.29 is 14.5 Å². The molecular formula is C37H51N7O4. The number of methoxy groups -OCH3 is 1. The second kappa shape index (κ2) is 19.1. The largest absolute Gasteiger partial charge is 0.497 e. The maximum absolute atomic E-state index is 12.0. The van der Waals surface area contributed by atoms with E-state index < -0.39 is 4.92 Å². The average Bonchev–Trinajstić information content (AvgIpc) is 3.83. The number of nitro groups is 1. The van der Waals surface area contributed by atoms with Gasteiger partial charge in [0.2, 0.25) is 6.33 Å². The molecular weight excluding hydrogens is 606 g/mol. The van der Waals surface area contributed by atoms with Gasteiger partial charge in [0, 0.05) is 41.7 Å². The van der Waals surface area contributed by atoms with Crippen LogP contribution in [0.3, 0.4) is 0 Å². The molecule has 4 heterocycles. The van der Waals surface area contributed by atoms with Gasteiger partial charge < -0.3 is 24.4 Å². The highest BCUT2D eigenvalue weighted by Crippen LogP contribution is 2.22. The van der Waals surface area contributed by atoms with Crippen molar-refractivity contribution in [2.75, 3.05) is 7.11 Å². The number of rotatable bonds is 14. The molecule has 0 aliphatic rings. The third-order valence-corrected chi connectivity index (χ3v) is 7.82. The van der Waals surface area contributed by atoms with Gasteiger partial charge in [-0.1, -0.05) is 53.7 Å². The molecule has 48 heavy (non-hydrogen) atoms. The minimum atomic E-state index is -0.403.